The molecule has 0 amide bonds. The Balaban J connectivity index is 1.47. The maximum Gasteiger partial charge on any atom is 0.243 e. The van der Waals surface area contributed by atoms with Crippen molar-refractivity contribution in [2.45, 2.75) is 18.7 Å². The number of sulfonamides is 1. The average molecular weight is 449 g/mol. The Labute approximate surface area is 183 Å². The molecule has 3 heterocycles. The molecule has 0 atom stereocenters. The van der Waals surface area contributed by atoms with E-state index < -0.39 is 15.8 Å². The number of hydrogen-bond acceptors (Lipinski definition) is 7. The van der Waals surface area contributed by atoms with Crippen LogP contribution in [0.15, 0.2) is 29.2 Å². The number of nitrogens with zero attached hydrogens (tertiary/aromatic N) is 6. The summed E-state index contributed by atoms with van der Waals surface area (Å²) in [6.45, 7) is 9.14. The first-order valence-electron chi connectivity index (χ1n) is 10.5. The molecule has 0 unspecified atom stereocenters. The van der Waals surface area contributed by atoms with E-state index in [1.165, 1.54) is 22.5 Å². The van der Waals surface area contributed by atoms with Gasteiger partial charge in [0.05, 0.1) is 4.90 Å². The molecule has 10 heteroatoms. The average Bonchev–Trinajstić information content (AvgIpc) is 2.73. The summed E-state index contributed by atoms with van der Waals surface area (Å²) >= 11 is 0. The summed E-state index contributed by atoms with van der Waals surface area (Å²) in [5, 5.41) is 0. The summed E-state index contributed by atoms with van der Waals surface area (Å²) in [6, 6.07) is 5.81. The summed E-state index contributed by atoms with van der Waals surface area (Å²) in [5.41, 5.74) is 0.422. The van der Waals surface area contributed by atoms with Crippen molar-refractivity contribution in [1.29, 1.82) is 0 Å². The smallest absolute Gasteiger partial charge is 0.243 e. The summed E-state index contributed by atoms with van der Waals surface area (Å²) < 4.78 is 41.0. The van der Waals surface area contributed by atoms with Crippen LogP contribution in [0.25, 0.3) is 0 Å². The number of aromatic nitrogens is 2. The van der Waals surface area contributed by atoms with Crippen molar-refractivity contribution >= 4 is 21.7 Å². The quantitative estimate of drug-likeness (QED) is 0.702. The Hall–Kier alpha value is -2.30. The fraction of sp³-hybridized carbons (Fsp3) is 0.524. The van der Waals surface area contributed by atoms with E-state index >= 15 is 0 Å². The highest BCUT2D eigenvalue weighted by atomic mass is 32.2. The first-order valence-corrected chi connectivity index (χ1v) is 12.0. The molecule has 1 aromatic heterocycles. The Morgan fingerprint density at radius 2 is 1.39 bits per heavy atom. The maximum atomic E-state index is 13.4. The molecular formula is C21H29FN6O2S. The third-order valence-corrected chi connectivity index (χ3v) is 8.01. The minimum atomic E-state index is -3.66. The molecule has 2 saturated heterocycles. The summed E-state index contributed by atoms with van der Waals surface area (Å²) in [7, 11) is -1.54. The van der Waals surface area contributed by atoms with Gasteiger partial charge in [-0.2, -0.15) is 4.31 Å². The third kappa shape index (κ3) is 4.65. The normalized spacial score (nSPS) is 19.1. The van der Waals surface area contributed by atoms with E-state index in [0.717, 1.165) is 37.8 Å². The van der Waals surface area contributed by atoms with E-state index in [4.69, 9.17) is 0 Å². The van der Waals surface area contributed by atoms with Gasteiger partial charge in [0.1, 0.15) is 23.3 Å². The molecule has 2 aromatic rings. The molecule has 0 N–H and O–H groups in total. The molecule has 31 heavy (non-hydrogen) atoms. The van der Waals surface area contributed by atoms with Crippen LogP contribution >= 0.6 is 0 Å². The molecule has 168 valence electrons. The number of piperazine rings is 2. The zero-order valence-electron chi connectivity index (χ0n) is 18.3. The van der Waals surface area contributed by atoms with Gasteiger partial charge >= 0.3 is 0 Å². The topological polar surface area (TPSA) is 72.9 Å². The van der Waals surface area contributed by atoms with Gasteiger partial charge in [-0.1, -0.05) is 0 Å². The fourth-order valence-corrected chi connectivity index (χ4v) is 5.72. The summed E-state index contributed by atoms with van der Waals surface area (Å²) in [5.74, 6) is 2.03. The minimum Gasteiger partial charge on any atom is -0.354 e. The standard InChI is InChI=1S/C21H29FN6O2S/c1-16-14-18(22)4-5-19(16)31(29,30)28-12-10-27(11-13-28)21-15-20(23-17(2)24-21)26-8-6-25(3)7-9-26/h4-5,14-15H,6-13H2,1-3H3. The highest BCUT2D eigenvalue weighted by Gasteiger charge is 2.30. The molecule has 8 nitrogen and oxygen atoms in total. The van der Waals surface area contributed by atoms with Gasteiger partial charge in [0.25, 0.3) is 0 Å². The van der Waals surface area contributed by atoms with Gasteiger partial charge in [-0.25, -0.2) is 22.8 Å². The number of aryl methyl sites for hydroxylation is 2. The molecule has 0 radical (unpaired) electrons. The van der Waals surface area contributed by atoms with Gasteiger partial charge in [0.15, 0.2) is 0 Å². The minimum absolute atomic E-state index is 0.164. The van der Waals surface area contributed by atoms with E-state index in [1.54, 1.807) is 6.92 Å². The van der Waals surface area contributed by atoms with Crippen LogP contribution < -0.4 is 9.80 Å². The molecular weight excluding hydrogens is 419 g/mol. The van der Waals surface area contributed by atoms with Crippen molar-refractivity contribution in [3.8, 4) is 0 Å². The van der Waals surface area contributed by atoms with Crippen LogP contribution in [0.4, 0.5) is 16.0 Å². The van der Waals surface area contributed by atoms with E-state index in [1.807, 2.05) is 13.0 Å². The van der Waals surface area contributed by atoms with Gasteiger partial charge in [-0.15, -0.1) is 0 Å². The molecule has 2 fully saturated rings. The Kier molecular flexibility index (Phi) is 6.14. The van der Waals surface area contributed by atoms with Gasteiger partial charge < -0.3 is 14.7 Å². The SMILES string of the molecule is Cc1nc(N2CCN(C)CC2)cc(N2CCN(S(=O)(=O)c3ccc(F)cc3C)CC2)n1. The largest absolute Gasteiger partial charge is 0.354 e. The van der Waals surface area contributed by atoms with E-state index in [2.05, 4.69) is 31.7 Å². The lowest BCUT2D eigenvalue weighted by Gasteiger charge is -2.36. The van der Waals surface area contributed by atoms with Crippen molar-refractivity contribution in [3.63, 3.8) is 0 Å². The molecule has 2 aliphatic heterocycles. The van der Waals surface area contributed by atoms with Crippen LogP contribution in [-0.4, -0.2) is 87.0 Å². The Bertz CT molecular complexity index is 1050. The highest BCUT2D eigenvalue weighted by Crippen LogP contribution is 2.25. The molecule has 4 rings (SSSR count). The van der Waals surface area contributed by atoms with Crippen LogP contribution in [0.2, 0.25) is 0 Å². The number of anilines is 2. The maximum absolute atomic E-state index is 13.4. The zero-order valence-corrected chi connectivity index (χ0v) is 19.1. The summed E-state index contributed by atoms with van der Waals surface area (Å²) in [4.78, 5) is 16.1. The first kappa shape index (κ1) is 21.9. The second-order valence-electron chi connectivity index (χ2n) is 8.22. The second-order valence-corrected chi connectivity index (χ2v) is 10.1. The van der Waals surface area contributed by atoms with Crippen molar-refractivity contribution in [3.05, 3.63) is 41.5 Å². The predicted octanol–water partition coefficient (Wildman–Crippen LogP) is 1.50. The molecule has 2 aliphatic rings. The van der Waals surface area contributed by atoms with Crippen molar-refractivity contribution < 1.29 is 12.8 Å². The van der Waals surface area contributed by atoms with E-state index in [0.29, 0.717) is 37.6 Å². The highest BCUT2D eigenvalue weighted by molar-refractivity contribution is 7.89. The first-order chi connectivity index (χ1) is 14.7. The predicted molar refractivity (Wildman–Crippen MR) is 119 cm³/mol. The molecule has 0 spiro atoms. The van der Waals surface area contributed by atoms with Crippen molar-refractivity contribution in [2.24, 2.45) is 0 Å². The van der Waals surface area contributed by atoms with Crippen LogP contribution in [0.5, 0.6) is 0 Å². The number of halogens is 1. The number of hydrogen-bond donors (Lipinski definition) is 0. The number of benzene rings is 1. The van der Waals surface area contributed by atoms with E-state index in [-0.39, 0.29) is 4.90 Å². The van der Waals surface area contributed by atoms with Crippen LogP contribution in [0.1, 0.15) is 11.4 Å². The Morgan fingerprint density at radius 3 is 1.94 bits per heavy atom. The molecule has 0 bridgehead atoms. The monoisotopic (exact) mass is 448 g/mol. The lowest BCUT2D eigenvalue weighted by Crippen LogP contribution is -2.49. The van der Waals surface area contributed by atoms with Gasteiger partial charge in [-0.05, 0) is 44.7 Å². The number of rotatable bonds is 4. The van der Waals surface area contributed by atoms with Crippen LogP contribution in [0, 0.1) is 19.7 Å². The van der Waals surface area contributed by atoms with Crippen molar-refractivity contribution in [1.82, 2.24) is 19.2 Å². The fourth-order valence-electron chi connectivity index (χ4n) is 4.10. The van der Waals surface area contributed by atoms with Gasteiger partial charge in [0, 0.05) is 58.4 Å². The third-order valence-electron chi connectivity index (χ3n) is 5.96. The van der Waals surface area contributed by atoms with Gasteiger partial charge in [-0.3, -0.25) is 0 Å². The molecule has 0 aliphatic carbocycles. The zero-order chi connectivity index (χ0) is 22.2. The lowest BCUT2D eigenvalue weighted by atomic mass is 10.2. The van der Waals surface area contributed by atoms with Crippen molar-refractivity contribution in [2.75, 3.05) is 69.2 Å². The van der Waals surface area contributed by atoms with Gasteiger partial charge in [0.2, 0.25) is 10.0 Å². The Morgan fingerprint density at radius 1 is 0.839 bits per heavy atom. The summed E-state index contributed by atoms with van der Waals surface area (Å²) in [6.07, 6.45) is 0. The van der Waals surface area contributed by atoms with Crippen LogP contribution in [-0.2, 0) is 10.0 Å². The molecule has 1 aromatic carbocycles. The lowest BCUT2D eigenvalue weighted by molar-refractivity contribution is 0.312. The second kappa shape index (κ2) is 8.68. The van der Waals surface area contributed by atoms with Crippen LogP contribution in [0.3, 0.4) is 0 Å². The van der Waals surface area contributed by atoms with E-state index in [9.17, 15) is 12.8 Å². The number of likely N-dealkylation sites (N-methyl/N-ethyl adjacent to an activating group) is 1. The molecule has 0 saturated carbocycles.